The molecule has 0 saturated heterocycles. The molecule has 2 aromatic rings. The number of benzene rings is 1. The highest BCUT2D eigenvalue weighted by atomic mass is 32.1. The van der Waals surface area contributed by atoms with Gasteiger partial charge in [0, 0.05) is 31.9 Å². The van der Waals surface area contributed by atoms with E-state index in [2.05, 4.69) is 66.0 Å². The van der Waals surface area contributed by atoms with E-state index in [1.165, 1.54) is 22.4 Å². The molecule has 20 heavy (non-hydrogen) atoms. The number of hydrogen-bond donors (Lipinski definition) is 1. The van der Waals surface area contributed by atoms with Crippen LogP contribution in [0, 0.1) is 6.92 Å². The summed E-state index contributed by atoms with van der Waals surface area (Å²) in [6.07, 6.45) is 0. The van der Waals surface area contributed by atoms with Crippen LogP contribution in [0.1, 0.15) is 30.5 Å². The van der Waals surface area contributed by atoms with Crippen LogP contribution in [0.2, 0.25) is 0 Å². The van der Waals surface area contributed by atoms with Crippen molar-refractivity contribution in [1.82, 2.24) is 5.32 Å². The van der Waals surface area contributed by atoms with Gasteiger partial charge in [0.1, 0.15) is 0 Å². The average Bonchev–Trinajstić information content (AvgIpc) is 2.87. The monoisotopic (exact) mass is 288 g/mol. The summed E-state index contributed by atoms with van der Waals surface area (Å²) in [5.41, 5.74) is 5.45. The van der Waals surface area contributed by atoms with Gasteiger partial charge in [-0.3, -0.25) is 0 Å². The van der Waals surface area contributed by atoms with Gasteiger partial charge in [-0.15, -0.1) is 0 Å². The fourth-order valence-corrected chi connectivity index (χ4v) is 3.18. The van der Waals surface area contributed by atoms with E-state index in [1.54, 1.807) is 11.3 Å². The maximum absolute atomic E-state index is 3.51. The minimum Gasteiger partial charge on any atom is -0.372 e. The van der Waals surface area contributed by atoms with Crippen LogP contribution in [-0.4, -0.2) is 13.1 Å². The molecule has 0 bridgehead atoms. The van der Waals surface area contributed by atoms with Crippen molar-refractivity contribution >= 4 is 17.0 Å². The van der Waals surface area contributed by atoms with Crippen LogP contribution in [0.3, 0.4) is 0 Å². The number of nitrogens with one attached hydrogen (secondary N) is 1. The maximum Gasteiger partial charge on any atom is 0.0366 e. The molecule has 0 atom stereocenters. The Labute approximate surface area is 126 Å². The molecule has 1 heterocycles. The fourth-order valence-electron chi connectivity index (χ4n) is 2.32. The quantitative estimate of drug-likeness (QED) is 0.821. The van der Waals surface area contributed by atoms with Gasteiger partial charge >= 0.3 is 0 Å². The van der Waals surface area contributed by atoms with E-state index in [1.807, 2.05) is 0 Å². The molecular weight excluding hydrogens is 264 g/mol. The predicted octanol–water partition coefficient (Wildman–Crippen LogP) is 4.19. The number of nitrogens with zero attached hydrogens (tertiary/aromatic N) is 1. The zero-order valence-corrected chi connectivity index (χ0v) is 13.5. The SMILES string of the molecule is CCN(CC)c1ccc(CNCc2cscc2C)cc1. The molecule has 0 aliphatic rings. The van der Waals surface area contributed by atoms with Crippen molar-refractivity contribution in [3.8, 4) is 0 Å². The van der Waals surface area contributed by atoms with E-state index in [9.17, 15) is 0 Å². The fraction of sp³-hybridized carbons (Fsp3) is 0.412. The molecule has 0 saturated carbocycles. The second-order valence-corrected chi connectivity index (χ2v) is 5.77. The minimum atomic E-state index is 0.924. The topological polar surface area (TPSA) is 15.3 Å². The molecule has 2 rings (SSSR count). The molecule has 1 N–H and O–H groups in total. The first-order valence-electron chi connectivity index (χ1n) is 7.30. The zero-order valence-electron chi connectivity index (χ0n) is 12.6. The Morgan fingerprint density at radius 1 is 1.00 bits per heavy atom. The Hall–Kier alpha value is -1.32. The van der Waals surface area contributed by atoms with E-state index in [4.69, 9.17) is 0 Å². The van der Waals surface area contributed by atoms with Crippen molar-refractivity contribution in [3.05, 3.63) is 51.7 Å². The van der Waals surface area contributed by atoms with E-state index in [-0.39, 0.29) is 0 Å². The normalized spacial score (nSPS) is 10.8. The molecular formula is C17H24N2S. The highest BCUT2D eigenvalue weighted by Crippen LogP contribution is 2.16. The molecule has 2 nitrogen and oxygen atoms in total. The first-order valence-corrected chi connectivity index (χ1v) is 8.25. The van der Waals surface area contributed by atoms with Crippen molar-refractivity contribution in [1.29, 1.82) is 0 Å². The van der Waals surface area contributed by atoms with Crippen molar-refractivity contribution in [3.63, 3.8) is 0 Å². The van der Waals surface area contributed by atoms with Crippen LogP contribution in [-0.2, 0) is 13.1 Å². The van der Waals surface area contributed by atoms with Crippen LogP contribution in [0.15, 0.2) is 35.0 Å². The lowest BCUT2D eigenvalue weighted by Crippen LogP contribution is -2.21. The zero-order chi connectivity index (χ0) is 14.4. The third kappa shape index (κ3) is 3.84. The second-order valence-electron chi connectivity index (χ2n) is 5.02. The van der Waals surface area contributed by atoms with Crippen molar-refractivity contribution in [2.24, 2.45) is 0 Å². The number of anilines is 1. The Bertz CT molecular complexity index is 512. The molecule has 108 valence electrons. The lowest BCUT2D eigenvalue weighted by atomic mass is 10.1. The average molecular weight is 288 g/mol. The molecule has 3 heteroatoms. The summed E-state index contributed by atoms with van der Waals surface area (Å²) in [4.78, 5) is 2.37. The second kappa shape index (κ2) is 7.46. The summed E-state index contributed by atoms with van der Waals surface area (Å²) in [7, 11) is 0. The summed E-state index contributed by atoms with van der Waals surface area (Å²) in [6, 6.07) is 8.89. The molecule has 1 aromatic heterocycles. The van der Waals surface area contributed by atoms with Crippen molar-refractivity contribution in [2.45, 2.75) is 33.9 Å². The molecule has 0 aliphatic heterocycles. The highest BCUT2D eigenvalue weighted by Gasteiger charge is 2.02. The number of thiophene rings is 1. The van der Waals surface area contributed by atoms with Gasteiger partial charge in [-0.2, -0.15) is 11.3 Å². The summed E-state index contributed by atoms with van der Waals surface area (Å²) in [6.45, 7) is 10.6. The van der Waals surface area contributed by atoms with Gasteiger partial charge in [0.2, 0.25) is 0 Å². The Balaban J connectivity index is 1.86. The van der Waals surface area contributed by atoms with Gasteiger partial charge in [0.25, 0.3) is 0 Å². The molecule has 0 amide bonds. The minimum absolute atomic E-state index is 0.924. The van der Waals surface area contributed by atoms with Gasteiger partial charge in [0.15, 0.2) is 0 Å². The largest absolute Gasteiger partial charge is 0.372 e. The standard InChI is InChI=1S/C17H24N2S/c1-4-19(5-2)17-8-6-15(7-9-17)10-18-11-16-13-20-12-14(16)3/h6-9,12-13,18H,4-5,10-11H2,1-3H3. The van der Waals surface area contributed by atoms with E-state index in [0.29, 0.717) is 0 Å². The Morgan fingerprint density at radius 3 is 2.25 bits per heavy atom. The van der Waals surface area contributed by atoms with Gasteiger partial charge in [0.05, 0.1) is 0 Å². The van der Waals surface area contributed by atoms with Crippen molar-refractivity contribution in [2.75, 3.05) is 18.0 Å². The highest BCUT2D eigenvalue weighted by molar-refractivity contribution is 7.08. The summed E-state index contributed by atoms with van der Waals surface area (Å²) in [5, 5.41) is 7.95. The van der Waals surface area contributed by atoms with Crippen LogP contribution >= 0.6 is 11.3 Å². The van der Waals surface area contributed by atoms with Crippen LogP contribution in [0.5, 0.6) is 0 Å². The van der Waals surface area contributed by atoms with Gasteiger partial charge < -0.3 is 10.2 Å². The first-order chi connectivity index (χ1) is 9.74. The lowest BCUT2D eigenvalue weighted by molar-refractivity contribution is 0.692. The third-order valence-electron chi connectivity index (χ3n) is 3.67. The molecule has 0 aliphatic carbocycles. The van der Waals surface area contributed by atoms with Gasteiger partial charge in [-0.05, 0) is 60.4 Å². The van der Waals surface area contributed by atoms with Gasteiger partial charge in [-0.25, -0.2) is 0 Å². The lowest BCUT2D eigenvalue weighted by Gasteiger charge is -2.21. The summed E-state index contributed by atoms with van der Waals surface area (Å²) < 4.78 is 0. The summed E-state index contributed by atoms with van der Waals surface area (Å²) >= 11 is 1.78. The molecule has 0 unspecified atom stereocenters. The molecule has 0 spiro atoms. The maximum atomic E-state index is 3.51. The Morgan fingerprint density at radius 2 is 1.70 bits per heavy atom. The Kier molecular flexibility index (Phi) is 5.62. The number of aryl methyl sites for hydroxylation is 1. The predicted molar refractivity (Wildman–Crippen MR) is 89.6 cm³/mol. The smallest absolute Gasteiger partial charge is 0.0366 e. The summed E-state index contributed by atoms with van der Waals surface area (Å²) in [5.74, 6) is 0. The molecule has 0 fully saturated rings. The molecule has 0 radical (unpaired) electrons. The third-order valence-corrected chi connectivity index (χ3v) is 4.58. The molecule has 1 aromatic carbocycles. The van der Waals surface area contributed by atoms with Crippen LogP contribution in [0.25, 0.3) is 0 Å². The van der Waals surface area contributed by atoms with Gasteiger partial charge in [-0.1, -0.05) is 12.1 Å². The van der Waals surface area contributed by atoms with Crippen LogP contribution < -0.4 is 10.2 Å². The number of rotatable bonds is 7. The van der Waals surface area contributed by atoms with E-state index >= 15 is 0 Å². The number of hydrogen-bond acceptors (Lipinski definition) is 3. The van der Waals surface area contributed by atoms with Crippen molar-refractivity contribution < 1.29 is 0 Å². The van der Waals surface area contributed by atoms with E-state index in [0.717, 1.165) is 26.2 Å². The van der Waals surface area contributed by atoms with Crippen LogP contribution in [0.4, 0.5) is 5.69 Å². The first kappa shape index (κ1) is 15.1. The van der Waals surface area contributed by atoms with E-state index < -0.39 is 0 Å².